The van der Waals surface area contributed by atoms with Gasteiger partial charge in [0.25, 0.3) is 5.91 Å². The van der Waals surface area contributed by atoms with Gasteiger partial charge in [0.05, 0.1) is 0 Å². The fourth-order valence-corrected chi connectivity index (χ4v) is 1.76. The standard InChI is InChI=1S/C16H17NO3/c1-11-6-3-4-9-15(11)20-12(2)16(19)17-13-7-5-8-14(18)10-13/h3-10,12,18H,1-2H3,(H,17,19). The quantitative estimate of drug-likeness (QED) is 0.898. The second-order valence-corrected chi connectivity index (χ2v) is 4.57. The van der Waals surface area contributed by atoms with Crippen molar-refractivity contribution in [2.24, 2.45) is 0 Å². The molecule has 0 radical (unpaired) electrons. The Balaban J connectivity index is 2.01. The van der Waals surface area contributed by atoms with Gasteiger partial charge >= 0.3 is 0 Å². The summed E-state index contributed by atoms with van der Waals surface area (Å²) in [6, 6.07) is 13.9. The summed E-state index contributed by atoms with van der Waals surface area (Å²) >= 11 is 0. The maximum absolute atomic E-state index is 12.0. The molecule has 1 atom stereocenters. The molecule has 20 heavy (non-hydrogen) atoms. The fraction of sp³-hybridized carbons (Fsp3) is 0.188. The molecule has 4 heteroatoms. The maximum atomic E-state index is 12.0. The van der Waals surface area contributed by atoms with Gasteiger partial charge in [-0.25, -0.2) is 0 Å². The molecule has 1 unspecified atom stereocenters. The van der Waals surface area contributed by atoms with Crippen molar-refractivity contribution in [2.45, 2.75) is 20.0 Å². The summed E-state index contributed by atoms with van der Waals surface area (Å²) < 4.78 is 5.63. The number of carbonyl (C=O) groups excluding carboxylic acids is 1. The van der Waals surface area contributed by atoms with E-state index in [0.717, 1.165) is 5.56 Å². The Bertz CT molecular complexity index is 610. The Hall–Kier alpha value is -2.49. The predicted octanol–water partition coefficient (Wildman–Crippen LogP) is 3.11. The lowest BCUT2D eigenvalue weighted by atomic mass is 10.2. The van der Waals surface area contributed by atoms with E-state index in [1.54, 1.807) is 25.1 Å². The number of aryl methyl sites for hydroxylation is 1. The minimum absolute atomic E-state index is 0.107. The summed E-state index contributed by atoms with van der Waals surface area (Å²) in [5.41, 5.74) is 1.51. The molecule has 0 bridgehead atoms. The molecule has 0 aliphatic rings. The smallest absolute Gasteiger partial charge is 0.265 e. The van der Waals surface area contributed by atoms with E-state index in [1.807, 2.05) is 31.2 Å². The van der Waals surface area contributed by atoms with Gasteiger partial charge in [-0.05, 0) is 37.6 Å². The van der Waals surface area contributed by atoms with Gasteiger partial charge in [-0.1, -0.05) is 24.3 Å². The van der Waals surface area contributed by atoms with Crippen LogP contribution in [-0.2, 0) is 4.79 Å². The van der Waals surface area contributed by atoms with Gasteiger partial charge in [-0.15, -0.1) is 0 Å². The first-order valence-electron chi connectivity index (χ1n) is 6.38. The molecular formula is C16H17NO3. The molecule has 2 aromatic carbocycles. The van der Waals surface area contributed by atoms with E-state index < -0.39 is 6.10 Å². The number of para-hydroxylation sites is 1. The summed E-state index contributed by atoms with van der Waals surface area (Å²) in [4.78, 5) is 12.0. The number of benzene rings is 2. The molecule has 0 fully saturated rings. The number of rotatable bonds is 4. The highest BCUT2D eigenvalue weighted by atomic mass is 16.5. The first-order valence-corrected chi connectivity index (χ1v) is 6.38. The average Bonchev–Trinajstić information content (AvgIpc) is 2.41. The van der Waals surface area contributed by atoms with Gasteiger partial charge in [-0.3, -0.25) is 4.79 Å². The molecule has 2 N–H and O–H groups in total. The topological polar surface area (TPSA) is 58.6 Å². The first-order chi connectivity index (χ1) is 9.56. The van der Waals surface area contributed by atoms with Gasteiger partial charge in [0.1, 0.15) is 11.5 Å². The van der Waals surface area contributed by atoms with Crippen LogP contribution in [0.5, 0.6) is 11.5 Å². The monoisotopic (exact) mass is 271 g/mol. The molecule has 0 saturated heterocycles. The highest BCUT2D eigenvalue weighted by molar-refractivity contribution is 5.94. The van der Waals surface area contributed by atoms with E-state index in [1.165, 1.54) is 6.07 Å². The van der Waals surface area contributed by atoms with E-state index in [4.69, 9.17) is 4.74 Å². The van der Waals surface area contributed by atoms with Crippen molar-refractivity contribution in [1.29, 1.82) is 0 Å². The molecule has 104 valence electrons. The molecule has 2 aromatic rings. The van der Waals surface area contributed by atoms with Crippen molar-refractivity contribution in [2.75, 3.05) is 5.32 Å². The van der Waals surface area contributed by atoms with Crippen LogP contribution in [0.4, 0.5) is 5.69 Å². The highest BCUT2D eigenvalue weighted by Gasteiger charge is 2.15. The fourth-order valence-electron chi connectivity index (χ4n) is 1.76. The van der Waals surface area contributed by atoms with Crippen LogP contribution >= 0.6 is 0 Å². The number of hydrogen-bond donors (Lipinski definition) is 2. The Morgan fingerprint density at radius 1 is 1.20 bits per heavy atom. The number of anilines is 1. The number of aromatic hydroxyl groups is 1. The van der Waals surface area contributed by atoms with Gasteiger partial charge in [0, 0.05) is 11.8 Å². The van der Waals surface area contributed by atoms with Gasteiger partial charge < -0.3 is 15.2 Å². The van der Waals surface area contributed by atoms with Gasteiger partial charge in [-0.2, -0.15) is 0 Å². The number of carbonyl (C=O) groups is 1. The third kappa shape index (κ3) is 3.51. The zero-order valence-electron chi connectivity index (χ0n) is 11.5. The molecule has 4 nitrogen and oxygen atoms in total. The predicted molar refractivity (Wildman–Crippen MR) is 78.0 cm³/mol. The van der Waals surface area contributed by atoms with Crippen LogP contribution in [-0.4, -0.2) is 17.1 Å². The molecule has 0 aromatic heterocycles. The van der Waals surface area contributed by atoms with Crippen LogP contribution in [0, 0.1) is 6.92 Å². The van der Waals surface area contributed by atoms with Crippen LogP contribution in [0.15, 0.2) is 48.5 Å². The van der Waals surface area contributed by atoms with Crippen molar-refractivity contribution < 1.29 is 14.6 Å². The average molecular weight is 271 g/mol. The molecule has 2 rings (SSSR count). The number of phenolic OH excluding ortho intramolecular Hbond substituents is 1. The van der Waals surface area contributed by atoms with Crippen LogP contribution in [0.1, 0.15) is 12.5 Å². The van der Waals surface area contributed by atoms with Crippen molar-refractivity contribution >= 4 is 11.6 Å². The number of ether oxygens (including phenoxy) is 1. The number of hydrogen-bond acceptors (Lipinski definition) is 3. The normalized spacial score (nSPS) is 11.7. The molecule has 0 aliphatic carbocycles. The van der Waals surface area contributed by atoms with E-state index in [9.17, 15) is 9.90 Å². The van der Waals surface area contributed by atoms with Crippen molar-refractivity contribution in [3.8, 4) is 11.5 Å². The first kappa shape index (κ1) is 13.9. The van der Waals surface area contributed by atoms with Crippen LogP contribution < -0.4 is 10.1 Å². The van der Waals surface area contributed by atoms with E-state index in [-0.39, 0.29) is 11.7 Å². The molecule has 0 heterocycles. The zero-order chi connectivity index (χ0) is 14.5. The van der Waals surface area contributed by atoms with Gasteiger partial charge in [0.2, 0.25) is 0 Å². The van der Waals surface area contributed by atoms with Crippen molar-refractivity contribution in [1.82, 2.24) is 0 Å². The minimum atomic E-state index is -0.626. The number of phenols is 1. The summed E-state index contributed by atoms with van der Waals surface area (Å²) in [6.07, 6.45) is -0.626. The second-order valence-electron chi connectivity index (χ2n) is 4.57. The molecule has 0 aliphatic heterocycles. The Morgan fingerprint density at radius 2 is 1.95 bits per heavy atom. The molecule has 0 saturated carbocycles. The molecule has 1 amide bonds. The Labute approximate surface area is 118 Å². The lowest BCUT2D eigenvalue weighted by Crippen LogP contribution is -2.30. The van der Waals surface area contributed by atoms with Crippen molar-refractivity contribution in [3.05, 3.63) is 54.1 Å². The minimum Gasteiger partial charge on any atom is -0.508 e. The number of nitrogens with one attached hydrogen (secondary N) is 1. The van der Waals surface area contributed by atoms with E-state index in [0.29, 0.717) is 11.4 Å². The Kier molecular flexibility index (Phi) is 4.25. The third-order valence-electron chi connectivity index (χ3n) is 2.88. The van der Waals surface area contributed by atoms with E-state index >= 15 is 0 Å². The molecular weight excluding hydrogens is 254 g/mol. The molecule has 0 spiro atoms. The van der Waals surface area contributed by atoms with E-state index in [2.05, 4.69) is 5.32 Å². The largest absolute Gasteiger partial charge is 0.508 e. The lowest BCUT2D eigenvalue weighted by Gasteiger charge is -2.16. The van der Waals surface area contributed by atoms with Crippen LogP contribution in [0.25, 0.3) is 0 Å². The van der Waals surface area contributed by atoms with Crippen LogP contribution in [0.3, 0.4) is 0 Å². The van der Waals surface area contributed by atoms with Crippen LogP contribution in [0.2, 0.25) is 0 Å². The summed E-state index contributed by atoms with van der Waals surface area (Å²) in [6.45, 7) is 3.61. The summed E-state index contributed by atoms with van der Waals surface area (Å²) in [5.74, 6) is 0.528. The SMILES string of the molecule is Cc1ccccc1OC(C)C(=O)Nc1cccc(O)c1. The summed E-state index contributed by atoms with van der Waals surface area (Å²) in [5, 5.41) is 12.1. The Morgan fingerprint density at radius 3 is 2.65 bits per heavy atom. The highest BCUT2D eigenvalue weighted by Crippen LogP contribution is 2.19. The second kappa shape index (κ2) is 6.10. The number of amides is 1. The maximum Gasteiger partial charge on any atom is 0.265 e. The van der Waals surface area contributed by atoms with Crippen molar-refractivity contribution in [3.63, 3.8) is 0 Å². The van der Waals surface area contributed by atoms with Gasteiger partial charge in [0.15, 0.2) is 6.10 Å². The third-order valence-corrected chi connectivity index (χ3v) is 2.88. The summed E-state index contributed by atoms with van der Waals surface area (Å²) in [7, 11) is 0. The zero-order valence-corrected chi connectivity index (χ0v) is 11.5. The lowest BCUT2D eigenvalue weighted by molar-refractivity contribution is -0.122.